The number of halogens is 4. The molecule has 7 heteroatoms. The molecule has 0 spiro atoms. The first-order valence-electron chi connectivity index (χ1n) is 6.12. The zero-order valence-corrected chi connectivity index (χ0v) is 9.84. The summed E-state index contributed by atoms with van der Waals surface area (Å²) in [7, 11) is 0. The Bertz CT molecular complexity index is 324. The number of nitrogens with zero attached hydrogens (tertiary/aromatic N) is 1. The van der Waals surface area contributed by atoms with Crippen LogP contribution in [0.3, 0.4) is 0 Å². The summed E-state index contributed by atoms with van der Waals surface area (Å²) in [6.07, 6.45) is -0.785. The standard InChI is InChI=1S/C11H16F4N2O/c12-9(13)11(14,15)10(18)16-7-3-5-17-4-1-2-8(17)6-7/h7-9H,1-6H2,(H,16,18). The second-order valence-corrected chi connectivity index (χ2v) is 4.95. The SMILES string of the molecule is O=C(NC1CCN2CCCC2C1)C(F)(F)C(F)F. The fourth-order valence-electron chi connectivity index (χ4n) is 2.74. The van der Waals surface area contributed by atoms with Crippen molar-refractivity contribution in [1.82, 2.24) is 10.2 Å². The maximum Gasteiger partial charge on any atom is 0.383 e. The first kappa shape index (κ1) is 13.6. The summed E-state index contributed by atoms with van der Waals surface area (Å²) in [5, 5.41) is 2.06. The monoisotopic (exact) mass is 268 g/mol. The van der Waals surface area contributed by atoms with Crippen LogP contribution in [0.4, 0.5) is 17.6 Å². The third-order valence-corrected chi connectivity index (χ3v) is 3.73. The molecule has 2 heterocycles. The molecule has 2 atom stereocenters. The van der Waals surface area contributed by atoms with Gasteiger partial charge in [-0.05, 0) is 32.2 Å². The number of fused-ring (bicyclic) bond motifs is 1. The van der Waals surface area contributed by atoms with E-state index in [9.17, 15) is 22.4 Å². The van der Waals surface area contributed by atoms with Gasteiger partial charge in [0.25, 0.3) is 5.91 Å². The average Bonchev–Trinajstić information content (AvgIpc) is 2.75. The fraction of sp³-hybridized carbons (Fsp3) is 0.909. The normalized spacial score (nSPS) is 29.4. The summed E-state index contributed by atoms with van der Waals surface area (Å²) in [5.74, 6) is -6.44. The Morgan fingerprint density at radius 3 is 2.67 bits per heavy atom. The van der Waals surface area contributed by atoms with Crippen LogP contribution in [0.1, 0.15) is 25.7 Å². The van der Waals surface area contributed by atoms with Crippen LogP contribution in [0.5, 0.6) is 0 Å². The van der Waals surface area contributed by atoms with E-state index in [4.69, 9.17) is 0 Å². The number of alkyl halides is 4. The summed E-state index contributed by atoms with van der Waals surface area (Å²) in [4.78, 5) is 13.4. The van der Waals surface area contributed by atoms with E-state index in [2.05, 4.69) is 10.2 Å². The number of nitrogens with one attached hydrogen (secondary N) is 1. The first-order valence-corrected chi connectivity index (χ1v) is 6.12. The summed E-state index contributed by atoms with van der Waals surface area (Å²) in [6, 6.07) is -0.120. The van der Waals surface area contributed by atoms with Gasteiger partial charge in [0.1, 0.15) is 0 Å². The van der Waals surface area contributed by atoms with Crippen LogP contribution in [-0.4, -0.2) is 48.3 Å². The van der Waals surface area contributed by atoms with E-state index >= 15 is 0 Å². The van der Waals surface area contributed by atoms with Crippen LogP contribution in [0.2, 0.25) is 0 Å². The Kier molecular flexibility index (Phi) is 3.79. The number of carbonyl (C=O) groups excluding carboxylic acids is 1. The summed E-state index contributed by atoms with van der Waals surface area (Å²) >= 11 is 0. The van der Waals surface area contributed by atoms with Crippen LogP contribution >= 0.6 is 0 Å². The molecule has 2 aliphatic heterocycles. The van der Waals surface area contributed by atoms with Gasteiger partial charge in [0, 0.05) is 18.6 Å². The highest BCUT2D eigenvalue weighted by molar-refractivity contribution is 5.84. The predicted octanol–water partition coefficient (Wildman–Crippen LogP) is 1.63. The number of hydrogen-bond acceptors (Lipinski definition) is 2. The minimum absolute atomic E-state index is 0.296. The number of rotatable bonds is 3. The average molecular weight is 268 g/mol. The third kappa shape index (κ3) is 2.60. The number of piperidine rings is 1. The van der Waals surface area contributed by atoms with Gasteiger partial charge in [0.05, 0.1) is 0 Å². The van der Waals surface area contributed by atoms with Crippen molar-refractivity contribution in [2.24, 2.45) is 0 Å². The van der Waals surface area contributed by atoms with Crippen LogP contribution in [0, 0.1) is 0 Å². The smallest absolute Gasteiger partial charge is 0.348 e. The molecule has 2 fully saturated rings. The van der Waals surface area contributed by atoms with Gasteiger partial charge in [-0.2, -0.15) is 8.78 Å². The van der Waals surface area contributed by atoms with Crippen LogP contribution in [-0.2, 0) is 4.79 Å². The molecular weight excluding hydrogens is 252 g/mol. The number of hydrogen-bond donors (Lipinski definition) is 1. The summed E-state index contributed by atoms with van der Waals surface area (Å²) in [5.41, 5.74) is 0. The van der Waals surface area contributed by atoms with Crippen molar-refractivity contribution < 1.29 is 22.4 Å². The summed E-state index contributed by atoms with van der Waals surface area (Å²) < 4.78 is 49.6. The van der Waals surface area contributed by atoms with Gasteiger partial charge < -0.3 is 10.2 Å². The first-order chi connectivity index (χ1) is 8.41. The van der Waals surface area contributed by atoms with Gasteiger partial charge in [0.15, 0.2) is 0 Å². The predicted molar refractivity (Wildman–Crippen MR) is 56.7 cm³/mol. The second-order valence-electron chi connectivity index (χ2n) is 4.95. The molecule has 2 aliphatic rings. The van der Waals surface area contributed by atoms with Gasteiger partial charge >= 0.3 is 12.3 Å². The molecule has 0 radical (unpaired) electrons. The molecular formula is C11H16F4N2O. The molecule has 0 aliphatic carbocycles. The molecule has 0 aromatic carbocycles. The van der Waals surface area contributed by atoms with Gasteiger partial charge in [-0.15, -0.1) is 0 Å². The molecule has 2 saturated heterocycles. The van der Waals surface area contributed by atoms with E-state index in [1.54, 1.807) is 0 Å². The lowest BCUT2D eigenvalue weighted by Crippen LogP contribution is -2.53. The van der Waals surface area contributed by atoms with E-state index in [1.807, 2.05) is 0 Å². The molecule has 0 saturated carbocycles. The van der Waals surface area contributed by atoms with Crippen molar-refractivity contribution >= 4 is 5.91 Å². The molecule has 1 N–H and O–H groups in total. The van der Waals surface area contributed by atoms with Crippen molar-refractivity contribution in [3.8, 4) is 0 Å². The quantitative estimate of drug-likeness (QED) is 0.789. The van der Waals surface area contributed by atoms with E-state index in [0.717, 1.165) is 25.9 Å². The van der Waals surface area contributed by atoms with Crippen molar-refractivity contribution in [2.75, 3.05) is 13.1 Å². The zero-order valence-electron chi connectivity index (χ0n) is 9.84. The zero-order chi connectivity index (χ0) is 13.3. The molecule has 18 heavy (non-hydrogen) atoms. The van der Waals surface area contributed by atoms with Gasteiger partial charge in [-0.1, -0.05) is 0 Å². The maximum atomic E-state index is 12.8. The molecule has 0 aromatic heterocycles. The highest BCUT2D eigenvalue weighted by Crippen LogP contribution is 2.28. The number of amides is 1. The maximum absolute atomic E-state index is 12.8. The molecule has 1 amide bonds. The molecule has 0 bridgehead atoms. The van der Waals surface area contributed by atoms with E-state index in [-0.39, 0.29) is 0 Å². The molecule has 2 rings (SSSR count). The van der Waals surface area contributed by atoms with Crippen molar-refractivity contribution in [1.29, 1.82) is 0 Å². The number of carbonyl (C=O) groups is 1. The lowest BCUT2D eigenvalue weighted by molar-refractivity contribution is -0.170. The molecule has 2 unspecified atom stereocenters. The Morgan fingerprint density at radius 2 is 2.00 bits per heavy atom. The molecule has 0 aromatic rings. The highest BCUT2D eigenvalue weighted by Gasteiger charge is 2.49. The Hall–Kier alpha value is -0.850. The van der Waals surface area contributed by atoms with Gasteiger partial charge in [-0.3, -0.25) is 4.79 Å². The van der Waals surface area contributed by atoms with Crippen molar-refractivity contribution in [2.45, 2.75) is 50.1 Å². The topological polar surface area (TPSA) is 32.3 Å². The minimum atomic E-state index is -4.59. The Balaban J connectivity index is 1.88. The van der Waals surface area contributed by atoms with Gasteiger partial charge in [0.2, 0.25) is 0 Å². The van der Waals surface area contributed by atoms with Gasteiger partial charge in [-0.25, -0.2) is 8.78 Å². The van der Waals surface area contributed by atoms with Crippen LogP contribution in [0.15, 0.2) is 0 Å². The van der Waals surface area contributed by atoms with Crippen LogP contribution < -0.4 is 5.32 Å². The van der Waals surface area contributed by atoms with E-state index < -0.39 is 24.3 Å². The fourth-order valence-corrected chi connectivity index (χ4v) is 2.74. The van der Waals surface area contributed by atoms with Crippen molar-refractivity contribution in [3.63, 3.8) is 0 Å². The molecule has 3 nitrogen and oxygen atoms in total. The minimum Gasteiger partial charge on any atom is -0.348 e. The Morgan fingerprint density at radius 1 is 1.28 bits per heavy atom. The van der Waals surface area contributed by atoms with E-state index in [0.29, 0.717) is 18.9 Å². The summed E-state index contributed by atoms with van der Waals surface area (Å²) in [6.45, 7) is 1.73. The van der Waals surface area contributed by atoms with Crippen molar-refractivity contribution in [3.05, 3.63) is 0 Å². The highest BCUT2D eigenvalue weighted by atomic mass is 19.3. The van der Waals surface area contributed by atoms with E-state index in [1.165, 1.54) is 0 Å². The largest absolute Gasteiger partial charge is 0.383 e. The second kappa shape index (κ2) is 5.03. The van der Waals surface area contributed by atoms with Crippen LogP contribution in [0.25, 0.3) is 0 Å². The third-order valence-electron chi connectivity index (χ3n) is 3.73. The Labute approximate surface area is 103 Å². The molecule has 104 valence electrons. The lowest BCUT2D eigenvalue weighted by Gasteiger charge is -2.35. The lowest BCUT2D eigenvalue weighted by atomic mass is 9.97.